The number of hydrogen-bond acceptors (Lipinski definition) is 5. The highest BCUT2D eigenvalue weighted by Gasteiger charge is 2.14. The summed E-state index contributed by atoms with van der Waals surface area (Å²) in [7, 11) is 0. The molecule has 2 N–H and O–H groups in total. The van der Waals surface area contributed by atoms with E-state index in [1.807, 2.05) is 24.6 Å². The first-order valence-corrected chi connectivity index (χ1v) is 7.98. The minimum Gasteiger partial charge on any atom is -0.494 e. The van der Waals surface area contributed by atoms with Gasteiger partial charge in [0, 0.05) is 37.7 Å². The van der Waals surface area contributed by atoms with Gasteiger partial charge in [0.15, 0.2) is 4.77 Å². The van der Waals surface area contributed by atoms with Gasteiger partial charge in [0.25, 0.3) is 5.56 Å². The largest absolute Gasteiger partial charge is 0.494 e. The second-order valence-electron chi connectivity index (χ2n) is 5.31. The fourth-order valence-corrected chi connectivity index (χ4v) is 2.54. The number of H-pyrrole nitrogens is 1. The first-order chi connectivity index (χ1) is 11.0. The number of aliphatic imine (C=N–C) groups is 1. The second-order valence-corrected chi connectivity index (χ2v) is 5.70. The number of imidazole rings is 1. The van der Waals surface area contributed by atoms with E-state index in [4.69, 9.17) is 12.2 Å². The van der Waals surface area contributed by atoms with Crippen LogP contribution in [0.3, 0.4) is 0 Å². The molecule has 2 aromatic rings. The first kappa shape index (κ1) is 17.1. The summed E-state index contributed by atoms with van der Waals surface area (Å²) >= 11 is 5.12. The quantitative estimate of drug-likeness (QED) is 0.462. The molecule has 2 aromatic heterocycles. The summed E-state index contributed by atoms with van der Waals surface area (Å²) in [5.41, 5.74) is -0.285. The average molecular weight is 335 g/mol. The molecule has 1 atom stereocenters. The Kier molecular flexibility index (Phi) is 5.86. The van der Waals surface area contributed by atoms with Crippen LogP contribution < -0.4 is 5.56 Å². The van der Waals surface area contributed by atoms with Gasteiger partial charge < -0.3 is 9.67 Å². The first-order valence-electron chi connectivity index (χ1n) is 7.58. The number of hydrogen-bond donors (Lipinski definition) is 2. The van der Waals surface area contributed by atoms with E-state index in [0.29, 0.717) is 6.54 Å². The number of aromatic amines is 1. The molecule has 0 unspecified atom stereocenters. The van der Waals surface area contributed by atoms with Crippen LogP contribution in [0.15, 0.2) is 28.5 Å². The summed E-state index contributed by atoms with van der Waals surface area (Å²) in [4.78, 5) is 22.8. The Morgan fingerprint density at radius 1 is 1.57 bits per heavy atom. The topological polar surface area (TPSA) is 88.2 Å². The number of aromatic hydroxyl groups is 1. The van der Waals surface area contributed by atoms with Crippen LogP contribution in [0, 0.1) is 4.77 Å². The second kappa shape index (κ2) is 7.87. The van der Waals surface area contributed by atoms with E-state index in [2.05, 4.69) is 15.0 Å². The summed E-state index contributed by atoms with van der Waals surface area (Å²) in [5.74, 6) is -0.133. The van der Waals surface area contributed by atoms with Crippen molar-refractivity contribution in [1.29, 1.82) is 0 Å². The van der Waals surface area contributed by atoms with Gasteiger partial charge in [-0.05, 0) is 32.0 Å². The zero-order valence-electron chi connectivity index (χ0n) is 13.3. The van der Waals surface area contributed by atoms with Crippen LogP contribution in [-0.2, 0) is 6.54 Å². The van der Waals surface area contributed by atoms with Gasteiger partial charge in [0.2, 0.25) is 5.88 Å². The lowest BCUT2D eigenvalue weighted by atomic mass is 10.2. The molecule has 0 amide bonds. The summed E-state index contributed by atoms with van der Waals surface area (Å²) in [6.45, 7) is 5.27. The van der Waals surface area contributed by atoms with Crippen LogP contribution in [0.2, 0.25) is 0 Å². The summed E-state index contributed by atoms with van der Waals surface area (Å²) in [6.07, 6.45) is 8.38. The standard InChI is InChI=1S/C15H21N5O2S/c1-3-11(2)20-14(22)12(13(21)18-15(20)23)9-16-5-4-7-19-8-6-17-10-19/h6,8-11,22H,3-5,7H2,1-2H3,(H,18,21,23)/t11-/m0/s1. The molecule has 0 saturated carbocycles. The third-order valence-corrected chi connectivity index (χ3v) is 3.97. The lowest BCUT2D eigenvalue weighted by Crippen LogP contribution is -2.20. The zero-order chi connectivity index (χ0) is 16.8. The Labute approximate surface area is 139 Å². The van der Waals surface area contributed by atoms with E-state index < -0.39 is 5.56 Å². The van der Waals surface area contributed by atoms with Crippen LogP contribution in [0.1, 0.15) is 38.3 Å². The van der Waals surface area contributed by atoms with Crippen molar-refractivity contribution >= 4 is 18.4 Å². The van der Waals surface area contributed by atoms with Crippen LogP contribution in [0.25, 0.3) is 0 Å². The van der Waals surface area contributed by atoms with Gasteiger partial charge in [0.1, 0.15) is 5.56 Å². The average Bonchev–Trinajstić information content (AvgIpc) is 3.02. The molecule has 0 spiro atoms. The molecule has 0 aliphatic rings. The zero-order valence-corrected chi connectivity index (χ0v) is 14.1. The molecule has 8 heteroatoms. The van der Waals surface area contributed by atoms with Gasteiger partial charge >= 0.3 is 0 Å². The van der Waals surface area contributed by atoms with Gasteiger partial charge in [-0.2, -0.15) is 0 Å². The van der Waals surface area contributed by atoms with E-state index in [0.717, 1.165) is 19.4 Å². The predicted octanol–water partition coefficient (Wildman–Crippen LogP) is 2.29. The lowest BCUT2D eigenvalue weighted by molar-refractivity contribution is 0.371. The minimum absolute atomic E-state index is 0.00672. The van der Waals surface area contributed by atoms with Crippen molar-refractivity contribution in [3.8, 4) is 5.88 Å². The van der Waals surface area contributed by atoms with Gasteiger partial charge in [-0.15, -0.1) is 0 Å². The van der Waals surface area contributed by atoms with Crippen molar-refractivity contribution < 1.29 is 5.11 Å². The van der Waals surface area contributed by atoms with E-state index in [1.54, 1.807) is 17.1 Å². The Hall–Kier alpha value is -2.22. The minimum atomic E-state index is -0.426. The molecule has 0 aliphatic heterocycles. The highest BCUT2D eigenvalue weighted by Crippen LogP contribution is 2.19. The highest BCUT2D eigenvalue weighted by atomic mass is 32.1. The predicted molar refractivity (Wildman–Crippen MR) is 91.9 cm³/mol. The molecular weight excluding hydrogens is 314 g/mol. The molecule has 2 rings (SSSR count). The number of aryl methyl sites for hydroxylation is 1. The van der Waals surface area contributed by atoms with Crippen LogP contribution in [-0.4, -0.2) is 37.0 Å². The molecule has 0 bridgehead atoms. The van der Waals surface area contributed by atoms with Crippen molar-refractivity contribution in [2.75, 3.05) is 6.54 Å². The third-order valence-electron chi connectivity index (χ3n) is 3.67. The summed E-state index contributed by atoms with van der Waals surface area (Å²) in [6, 6.07) is -0.00672. The molecule has 0 radical (unpaired) electrons. The molecule has 2 heterocycles. The SMILES string of the molecule is CC[C@H](C)n1c(O)c(C=NCCCn2ccnc2)c(=O)[nH]c1=S. The van der Waals surface area contributed by atoms with Gasteiger partial charge in [-0.25, -0.2) is 4.98 Å². The number of rotatable bonds is 7. The Morgan fingerprint density at radius 3 is 3.00 bits per heavy atom. The third kappa shape index (κ3) is 4.16. The Balaban J connectivity index is 2.11. The molecular formula is C15H21N5O2S. The Bertz CT molecular complexity index is 776. The van der Waals surface area contributed by atoms with E-state index >= 15 is 0 Å². The molecule has 0 aromatic carbocycles. The van der Waals surface area contributed by atoms with E-state index in [9.17, 15) is 9.90 Å². The summed E-state index contributed by atoms with van der Waals surface area (Å²) < 4.78 is 3.73. The Morgan fingerprint density at radius 2 is 2.35 bits per heavy atom. The monoisotopic (exact) mass is 335 g/mol. The lowest BCUT2D eigenvalue weighted by Gasteiger charge is -2.16. The molecule has 0 aliphatic carbocycles. The normalized spacial score (nSPS) is 12.8. The fourth-order valence-electron chi connectivity index (χ4n) is 2.18. The summed E-state index contributed by atoms with van der Waals surface area (Å²) in [5, 5.41) is 10.3. The maximum absolute atomic E-state index is 12.0. The van der Waals surface area contributed by atoms with Crippen molar-refractivity contribution in [3.05, 3.63) is 39.4 Å². The van der Waals surface area contributed by atoms with E-state index in [1.165, 1.54) is 6.21 Å². The van der Waals surface area contributed by atoms with Crippen molar-refractivity contribution in [2.45, 2.75) is 39.3 Å². The van der Waals surface area contributed by atoms with Crippen LogP contribution >= 0.6 is 12.2 Å². The number of aromatic nitrogens is 4. The molecule has 7 nitrogen and oxygen atoms in total. The number of nitrogens with zero attached hydrogens (tertiary/aromatic N) is 4. The van der Waals surface area contributed by atoms with Crippen molar-refractivity contribution in [2.24, 2.45) is 4.99 Å². The molecule has 0 fully saturated rings. The van der Waals surface area contributed by atoms with E-state index in [-0.39, 0.29) is 22.3 Å². The molecule has 0 saturated heterocycles. The molecule has 23 heavy (non-hydrogen) atoms. The van der Waals surface area contributed by atoms with Crippen molar-refractivity contribution in [3.63, 3.8) is 0 Å². The number of nitrogens with one attached hydrogen (secondary N) is 1. The maximum Gasteiger partial charge on any atom is 0.264 e. The fraction of sp³-hybridized carbons (Fsp3) is 0.467. The van der Waals surface area contributed by atoms with Crippen LogP contribution in [0.4, 0.5) is 0 Å². The van der Waals surface area contributed by atoms with Crippen LogP contribution in [0.5, 0.6) is 5.88 Å². The van der Waals surface area contributed by atoms with Gasteiger partial charge in [-0.1, -0.05) is 6.92 Å². The van der Waals surface area contributed by atoms with Crippen molar-refractivity contribution in [1.82, 2.24) is 19.1 Å². The smallest absolute Gasteiger partial charge is 0.264 e. The van der Waals surface area contributed by atoms with Gasteiger partial charge in [0.05, 0.1) is 6.33 Å². The molecule has 124 valence electrons. The maximum atomic E-state index is 12.0. The highest BCUT2D eigenvalue weighted by molar-refractivity contribution is 7.71. The van der Waals surface area contributed by atoms with Gasteiger partial charge in [-0.3, -0.25) is 19.3 Å².